The second kappa shape index (κ2) is 9.63. The summed E-state index contributed by atoms with van der Waals surface area (Å²) >= 11 is 0. The summed E-state index contributed by atoms with van der Waals surface area (Å²) in [5.41, 5.74) is 2.09. The van der Waals surface area contributed by atoms with E-state index in [1.54, 1.807) is 67.2 Å². The molecule has 180 valence electrons. The molecule has 8 nitrogen and oxygen atoms in total. The van der Waals surface area contributed by atoms with Gasteiger partial charge in [0.1, 0.15) is 12.2 Å². The number of hydrogen-bond acceptors (Lipinski definition) is 4. The van der Waals surface area contributed by atoms with Crippen molar-refractivity contribution < 1.29 is 13.2 Å². The molecule has 1 N–H and O–H groups in total. The summed E-state index contributed by atoms with van der Waals surface area (Å²) in [6, 6.07) is 23.9. The van der Waals surface area contributed by atoms with Crippen LogP contribution in [0.25, 0.3) is 5.69 Å². The third-order valence-corrected chi connectivity index (χ3v) is 7.51. The van der Waals surface area contributed by atoms with Gasteiger partial charge in [-0.25, -0.2) is 13.1 Å². The van der Waals surface area contributed by atoms with Gasteiger partial charge in [-0.05, 0) is 55.8 Å². The number of rotatable bonds is 7. The smallest absolute Gasteiger partial charge is 0.295 e. The maximum atomic E-state index is 13.5. The molecule has 0 spiro atoms. The number of nitrogens with one attached hydrogen (secondary N) is 1. The van der Waals surface area contributed by atoms with Gasteiger partial charge < -0.3 is 5.32 Å². The number of aromatic nitrogens is 2. The number of hydrogen-bond donors (Lipinski definition) is 1. The molecule has 0 bridgehead atoms. The van der Waals surface area contributed by atoms with Crippen LogP contribution in [-0.4, -0.2) is 30.2 Å². The van der Waals surface area contributed by atoms with E-state index in [9.17, 15) is 18.0 Å². The summed E-state index contributed by atoms with van der Waals surface area (Å²) in [6.07, 6.45) is 0. The maximum absolute atomic E-state index is 13.5. The first-order valence-electron chi connectivity index (χ1n) is 11.0. The van der Waals surface area contributed by atoms with Crippen LogP contribution in [0.15, 0.2) is 94.6 Å². The Hall–Kier alpha value is -4.11. The fourth-order valence-electron chi connectivity index (χ4n) is 3.84. The van der Waals surface area contributed by atoms with Crippen molar-refractivity contribution in [2.45, 2.75) is 18.7 Å². The molecule has 1 heterocycles. The molecule has 0 aliphatic heterocycles. The Bertz CT molecular complexity index is 1520. The molecule has 9 heteroatoms. The van der Waals surface area contributed by atoms with Gasteiger partial charge >= 0.3 is 0 Å². The number of para-hydroxylation sites is 1. The molecular weight excluding hydrogens is 464 g/mol. The number of nitrogens with zero attached hydrogens (tertiary/aromatic N) is 3. The predicted octanol–water partition coefficient (Wildman–Crippen LogP) is 3.63. The topological polar surface area (TPSA) is 93.4 Å². The van der Waals surface area contributed by atoms with E-state index in [0.29, 0.717) is 17.1 Å². The van der Waals surface area contributed by atoms with Gasteiger partial charge in [-0.1, -0.05) is 48.5 Å². The summed E-state index contributed by atoms with van der Waals surface area (Å²) in [7, 11) is -2.32. The van der Waals surface area contributed by atoms with E-state index < -0.39 is 28.0 Å². The van der Waals surface area contributed by atoms with Crippen LogP contribution in [0.5, 0.6) is 0 Å². The molecule has 0 radical (unpaired) electrons. The van der Waals surface area contributed by atoms with Gasteiger partial charge in [0, 0.05) is 7.05 Å². The van der Waals surface area contributed by atoms with Crippen molar-refractivity contribution >= 4 is 27.3 Å². The van der Waals surface area contributed by atoms with Crippen molar-refractivity contribution in [1.82, 2.24) is 9.36 Å². The third-order valence-electron chi connectivity index (χ3n) is 5.73. The standard InChI is InChI=1S/C26H26N4O4S/c1-19-11-10-14-22(17-19)29(35(33,34)23-15-8-5-9-16-23)18-24(31)27-25-20(2)28(3)30(26(25)32)21-12-6-4-7-13-21/h4-17H,18H2,1-3H3,(H,27,31). The molecule has 35 heavy (non-hydrogen) atoms. The minimum atomic E-state index is -4.04. The van der Waals surface area contributed by atoms with Crippen LogP contribution in [0.1, 0.15) is 11.3 Å². The van der Waals surface area contributed by atoms with E-state index >= 15 is 0 Å². The second-order valence-electron chi connectivity index (χ2n) is 8.15. The molecule has 0 saturated carbocycles. The summed E-state index contributed by atoms with van der Waals surface area (Å²) in [6.45, 7) is 3.06. The summed E-state index contributed by atoms with van der Waals surface area (Å²) in [5, 5.41) is 2.65. The van der Waals surface area contributed by atoms with Crippen molar-refractivity contribution in [1.29, 1.82) is 0 Å². The van der Waals surface area contributed by atoms with Crippen LogP contribution in [0.2, 0.25) is 0 Å². The minimum Gasteiger partial charge on any atom is -0.318 e. The number of anilines is 2. The lowest BCUT2D eigenvalue weighted by Crippen LogP contribution is -2.38. The molecule has 4 rings (SSSR count). The lowest BCUT2D eigenvalue weighted by molar-refractivity contribution is -0.114. The Kier molecular flexibility index (Phi) is 6.61. The second-order valence-corrected chi connectivity index (χ2v) is 10.0. The van der Waals surface area contributed by atoms with Gasteiger partial charge in [-0.15, -0.1) is 0 Å². The Morgan fingerprint density at radius 1 is 0.914 bits per heavy atom. The first-order valence-corrected chi connectivity index (χ1v) is 12.4. The van der Waals surface area contributed by atoms with Crippen molar-refractivity contribution in [3.05, 3.63) is 107 Å². The molecule has 0 aliphatic rings. The van der Waals surface area contributed by atoms with Crippen LogP contribution in [0.4, 0.5) is 11.4 Å². The van der Waals surface area contributed by atoms with E-state index in [0.717, 1.165) is 9.87 Å². The summed E-state index contributed by atoms with van der Waals surface area (Å²) < 4.78 is 31.1. The molecule has 3 aromatic carbocycles. The Morgan fingerprint density at radius 2 is 1.54 bits per heavy atom. The van der Waals surface area contributed by atoms with Crippen molar-refractivity contribution in [3.8, 4) is 5.69 Å². The lowest BCUT2D eigenvalue weighted by atomic mass is 10.2. The zero-order valence-corrected chi connectivity index (χ0v) is 20.5. The van der Waals surface area contributed by atoms with Crippen molar-refractivity contribution in [2.75, 3.05) is 16.2 Å². The number of sulfonamides is 1. The Labute approximate surface area is 204 Å². The molecule has 0 aliphatic carbocycles. The fraction of sp³-hybridized carbons (Fsp3) is 0.154. The monoisotopic (exact) mass is 490 g/mol. The Morgan fingerprint density at radius 3 is 2.17 bits per heavy atom. The number of carbonyl (C=O) groups excluding carboxylic acids is 1. The molecule has 4 aromatic rings. The van der Waals surface area contributed by atoms with Crippen molar-refractivity contribution in [2.24, 2.45) is 7.05 Å². The highest BCUT2D eigenvalue weighted by Crippen LogP contribution is 2.24. The molecule has 0 unspecified atom stereocenters. The van der Waals surface area contributed by atoms with Gasteiger partial charge in [-0.3, -0.25) is 18.6 Å². The van der Waals surface area contributed by atoms with Crippen LogP contribution >= 0.6 is 0 Å². The zero-order valence-electron chi connectivity index (χ0n) is 19.7. The van der Waals surface area contributed by atoms with Crippen molar-refractivity contribution in [3.63, 3.8) is 0 Å². The maximum Gasteiger partial charge on any atom is 0.295 e. The molecular formula is C26H26N4O4S. The summed E-state index contributed by atoms with van der Waals surface area (Å²) in [4.78, 5) is 26.4. The molecule has 1 amide bonds. The van der Waals surface area contributed by atoms with Gasteiger partial charge in [0.2, 0.25) is 5.91 Å². The number of amides is 1. The highest BCUT2D eigenvalue weighted by Gasteiger charge is 2.28. The van der Waals surface area contributed by atoms with Crippen LogP contribution < -0.4 is 15.2 Å². The van der Waals surface area contributed by atoms with Crippen LogP contribution in [0.3, 0.4) is 0 Å². The quantitative estimate of drug-likeness (QED) is 0.428. The van der Waals surface area contributed by atoms with E-state index in [-0.39, 0.29) is 10.6 Å². The highest BCUT2D eigenvalue weighted by atomic mass is 32.2. The Balaban J connectivity index is 1.69. The third kappa shape index (κ3) is 4.76. The minimum absolute atomic E-state index is 0.0663. The summed E-state index contributed by atoms with van der Waals surface area (Å²) in [5.74, 6) is -0.628. The fourth-order valence-corrected chi connectivity index (χ4v) is 5.27. The number of benzene rings is 3. The average molecular weight is 491 g/mol. The first kappa shape index (κ1) is 24.0. The molecule has 1 aromatic heterocycles. The number of carbonyl (C=O) groups is 1. The first-order chi connectivity index (χ1) is 16.7. The van der Waals surface area contributed by atoms with E-state index in [4.69, 9.17) is 0 Å². The van der Waals surface area contributed by atoms with Crippen LogP contribution in [-0.2, 0) is 21.9 Å². The zero-order chi connectivity index (χ0) is 25.2. The van der Waals surface area contributed by atoms with Gasteiger partial charge in [0.05, 0.1) is 22.0 Å². The average Bonchev–Trinajstić information content (AvgIpc) is 3.06. The van der Waals surface area contributed by atoms with E-state index in [1.165, 1.54) is 16.8 Å². The molecule has 0 fully saturated rings. The van der Waals surface area contributed by atoms with Gasteiger partial charge in [0.25, 0.3) is 15.6 Å². The SMILES string of the molecule is Cc1cccc(N(CC(=O)Nc2c(C)n(C)n(-c3ccccc3)c2=O)S(=O)(=O)c2ccccc2)c1. The van der Waals surface area contributed by atoms with Gasteiger partial charge in [-0.2, -0.15) is 0 Å². The molecule has 0 atom stereocenters. The van der Waals surface area contributed by atoms with E-state index in [2.05, 4.69) is 5.32 Å². The number of aryl methyl sites for hydroxylation is 1. The highest BCUT2D eigenvalue weighted by molar-refractivity contribution is 7.92. The van der Waals surface area contributed by atoms with Gasteiger partial charge in [0.15, 0.2) is 0 Å². The normalized spacial score (nSPS) is 11.3. The predicted molar refractivity (Wildman–Crippen MR) is 137 cm³/mol. The lowest BCUT2D eigenvalue weighted by Gasteiger charge is -2.24. The van der Waals surface area contributed by atoms with E-state index in [1.807, 2.05) is 31.2 Å². The van der Waals surface area contributed by atoms with Crippen LogP contribution in [0, 0.1) is 13.8 Å². The largest absolute Gasteiger partial charge is 0.318 e. The molecule has 0 saturated heterocycles.